The summed E-state index contributed by atoms with van der Waals surface area (Å²) in [4.78, 5) is 2.12. The van der Waals surface area contributed by atoms with Crippen LogP contribution in [-0.4, -0.2) is 29.9 Å². The Kier molecular flexibility index (Phi) is 4.66. The lowest BCUT2D eigenvalue weighted by molar-refractivity contribution is -0.102. The van der Waals surface area contributed by atoms with Gasteiger partial charge in [-0.05, 0) is 103 Å². The third-order valence-electron chi connectivity index (χ3n) is 8.98. The van der Waals surface area contributed by atoms with Gasteiger partial charge in [-0.25, -0.2) is 0 Å². The number of phenolic OH excluding ortho intramolecular Hbond substituents is 1. The molecule has 0 radical (unpaired) electrons. The van der Waals surface area contributed by atoms with E-state index in [2.05, 4.69) is 56.3 Å². The molecule has 0 heterocycles. The van der Waals surface area contributed by atoms with Crippen molar-refractivity contribution in [3.8, 4) is 5.75 Å². The number of hydrogen-bond acceptors (Lipinski definition) is 3. The van der Waals surface area contributed by atoms with Gasteiger partial charge in [0.2, 0.25) is 0 Å². The number of aryl methyl sites for hydroxylation is 1. The molecule has 0 amide bonds. The number of aromatic hydroxyl groups is 1. The summed E-state index contributed by atoms with van der Waals surface area (Å²) in [7, 11) is 4.13. The predicted octanol–water partition coefficient (Wildman–Crippen LogP) is 5.29. The number of phenols is 1. The van der Waals surface area contributed by atoms with E-state index in [1.807, 2.05) is 12.1 Å². The molecule has 30 heavy (non-hydrogen) atoms. The highest BCUT2D eigenvalue weighted by Gasteiger charge is 2.61. The van der Waals surface area contributed by atoms with Crippen molar-refractivity contribution in [3.05, 3.63) is 59.2 Å². The molecule has 3 aliphatic carbocycles. The van der Waals surface area contributed by atoms with Gasteiger partial charge in [0.15, 0.2) is 0 Å². The van der Waals surface area contributed by atoms with E-state index in [0.29, 0.717) is 23.5 Å². The summed E-state index contributed by atoms with van der Waals surface area (Å²) in [6, 6.07) is 14.7. The van der Waals surface area contributed by atoms with Crippen molar-refractivity contribution in [1.82, 2.24) is 0 Å². The van der Waals surface area contributed by atoms with E-state index in [1.165, 1.54) is 28.8 Å². The van der Waals surface area contributed by atoms with Crippen molar-refractivity contribution >= 4 is 5.69 Å². The van der Waals surface area contributed by atoms with Gasteiger partial charge in [0.05, 0.1) is 5.60 Å². The highest BCUT2D eigenvalue weighted by atomic mass is 16.3. The average molecular weight is 406 g/mol. The van der Waals surface area contributed by atoms with E-state index in [0.717, 1.165) is 38.5 Å². The molecule has 0 aromatic heterocycles. The van der Waals surface area contributed by atoms with Crippen LogP contribution >= 0.6 is 0 Å². The van der Waals surface area contributed by atoms with E-state index in [-0.39, 0.29) is 5.41 Å². The number of benzene rings is 2. The van der Waals surface area contributed by atoms with E-state index < -0.39 is 5.60 Å². The fourth-order valence-corrected chi connectivity index (χ4v) is 7.22. The molecule has 0 saturated heterocycles. The minimum atomic E-state index is -0.614. The van der Waals surface area contributed by atoms with Crippen LogP contribution < -0.4 is 4.90 Å². The summed E-state index contributed by atoms with van der Waals surface area (Å²) in [5.74, 6) is 2.23. The summed E-state index contributed by atoms with van der Waals surface area (Å²) in [5.41, 5.74) is 4.63. The van der Waals surface area contributed by atoms with Crippen LogP contribution in [0.2, 0.25) is 0 Å². The van der Waals surface area contributed by atoms with Gasteiger partial charge >= 0.3 is 0 Å². The molecule has 2 N–H and O–H groups in total. The Morgan fingerprint density at radius 2 is 1.77 bits per heavy atom. The summed E-state index contributed by atoms with van der Waals surface area (Å²) >= 11 is 0. The van der Waals surface area contributed by atoms with Gasteiger partial charge in [-0.3, -0.25) is 0 Å². The Balaban J connectivity index is 1.40. The lowest BCUT2D eigenvalue weighted by Crippen LogP contribution is -2.51. The van der Waals surface area contributed by atoms with Crippen LogP contribution in [0.25, 0.3) is 0 Å². The second kappa shape index (κ2) is 7.02. The van der Waals surface area contributed by atoms with Crippen LogP contribution in [0.15, 0.2) is 42.5 Å². The first-order valence-corrected chi connectivity index (χ1v) is 11.6. The van der Waals surface area contributed by atoms with Crippen LogP contribution in [0.4, 0.5) is 5.69 Å². The van der Waals surface area contributed by atoms with Gasteiger partial charge < -0.3 is 15.1 Å². The monoisotopic (exact) mass is 405 g/mol. The summed E-state index contributed by atoms with van der Waals surface area (Å²) in [6.45, 7) is 2.38. The van der Waals surface area contributed by atoms with E-state index in [9.17, 15) is 10.2 Å². The van der Waals surface area contributed by atoms with Crippen molar-refractivity contribution in [2.75, 3.05) is 19.0 Å². The molecule has 0 aliphatic heterocycles. The number of fused-ring (bicyclic) bond motifs is 5. The van der Waals surface area contributed by atoms with Gasteiger partial charge in [0.1, 0.15) is 5.75 Å². The molecule has 2 fully saturated rings. The summed E-state index contributed by atoms with van der Waals surface area (Å²) in [6.07, 6.45) is 7.29. The molecule has 5 atom stereocenters. The van der Waals surface area contributed by atoms with Gasteiger partial charge in [-0.2, -0.15) is 0 Å². The molecule has 3 nitrogen and oxygen atoms in total. The van der Waals surface area contributed by atoms with Crippen LogP contribution in [0, 0.1) is 17.3 Å². The highest BCUT2D eigenvalue weighted by Crippen LogP contribution is 2.64. The van der Waals surface area contributed by atoms with E-state index in [4.69, 9.17) is 0 Å². The lowest BCUT2D eigenvalue weighted by Gasteiger charge is -2.53. The zero-order chi connectivity index (χ0) is 21.1. The summed E-state index contributed by atoms with van der Waals surface area (Å²) < 4.78 is 0. The quantitative estimate of drug-likeness (QED) is 0.729. The lowest BCUT2D eigenvalue weighted by atomic mass is 9.53. The predicted molar refractivity (Wildman–Crippen MR) is 122 cm³/mol. The maximum absolute atomic E-state index is 12.0. The second-order valence-electron chi connectivity index (χ2n) is 10.6. The number of nitrogens with zero attached hydrogens (tertiary/aromatic N) is 1. The molecule has 160 valence electrons. The Morgan fingerprint density at radius 3 is 2.50 bits per heavy atom. The first kappa shape index (κ1) is 19.9. The molecule has 2 aromatic carbocycles. The Labute approximate surface area is 180 Å². The minimum absolute atomic E-state index is 0.0111. The molecule has 2 saturated carbocycles. The Hall–Kier alpha value is -2.00. The standard InChI is InChI=1S/C27H35NO2/c1-26-14-12-23-22-11-9-21(29)16-19(22)6-10-24(23)25(26)13-15-27(26,30)17-18-4-7-20(8-5-18)28(2)3/h4-5,7-9,11,16,23-25,29-30H,6,10,12-15,17H2,1-3H3/t23?,24?,25?,26-,27+/m0/s1. The maximum Gasteiger partial charge on any atom is 0.115 e. The maximum atomic E-state index is 12.0. The van der Waals surface area contributed by atoms with Crippen LogP contribution in [0.1, 0.15) is 61.6 Å². The molecule has 3 unspecified atom stereocenters. The third kappa shape index (κ3) is 2.97. The van der Waals surface area contributed by atoms with Crippen LogP contribution in [-0.2, 0) is 12.8 Å². The first-order valence-electron chi connectivity index (χ1n) is 11.6. The Morgan fingerprint density at radius 1 is 1.00 bits per heavy atom. The van der Waals surface area contributed by atoms with Crippen molar-refractivity contribution in [3.63, 3.8) is 0 Å². The van der Waals surface area contributed by atoms with Gasteiger partial charge in [0.25, 0.3) is 0 Å². The molecule has 2 aromatic rings. The number of aliphatic hydroxyl groups is 1. The zero-order valence-corrected chi connectivity index (χ0v) is 18.6. The molecular weight excluding hydrogens is 370 g/mol. The van der Waals surface area contributed by atoms with Gasteiger partial charge in [-0.15, -0.1) is 0 Å². The van der Waals surface area contributed by atoms with Crippen LogP contribution in [0.5, 0.6) is 5.75 Å². The van der Waals surface area contributed by atoms with Gasteiger partial charge in [0, 0.05) is 26.2 Å². The summed E-state index contributed by atoms with van der Waals surface area (Å²) in [5, 5.41) is 21.9. The van der Waals surface area contributed by atoms with Crippen molar-refractivity contribution < 1.29 is 10.2 Å². The largest absolute Gasteiger partial charge is 0.508 e. The van der Waals surface area contributed by atoms with Crippen LogP contribution in [0.3, 0.4) is 0 Å². The molecule has 5 rings (SSSR count). The molecule has 3 heteroatoms. The fourth-order valence-electron chi connectivity index (χ4n) is 7.22. The van der Waals surface area contributed by atoms with Crippen molar-refractivity contribution in [1.29, 1.82) is 0 Å². The third-order valence-corrected chi connectivity index (χ3v) is 8.98. The van der Waals surface area contributed by atoms with Gasteiger partial charge in [-0.1, -0.05) is 25.1 Å². The minimum Gasteiger partial charge on any atom is -0.508 e. The SMILES string of the molecule is CN(C)c1ccc(C[C@]2(O)CCC3C4CCc5cc(O)ccc5C4CC[C@@]32C)cc1. The highest BCUT2D eigenvalue weighted by molar-refractivity contribution is 5.46. The Bertz CT molecular complexity index is 936. The molecule has 0 spiro atoms. The van der Waals surface area contributed by atoms with Crippen molar-refractivity contribution in [2.24, 2.45) is 17.3 Å². The normalized spacial score (nSPS) is 34.7. The molecular formula is C27H35NO2. The number of rotatable bonds is 3. The second-order valence-corrected chi connectivity index (χ2v) is 10.6. The van der Waals surface area contributed by atoms with E-state index >= 15 is 0 Å². The molecule has 0 bridgehead atoms. The molecule has 3 aliphatic rings. The first-order chi connectivity index (χ1) is 14.3. The topological polar surface area (TPSA) is 43.7 Å². The van der Waals surface area contributed by atoms with Crippen molar-refractivity contribution in [2.45, 2.75) is 63.4 Å². The van der Waals surface area contributed by atoms with E-state index in [1.54, 1.807) is 0 Å². The number of hydrogen-bond donors (Lipinski definition) is 2. The fraction of sp³-hybridized carbons (Fsp3) is 0.556. The average Bonchev–Trinajstić information content (AvgIpc) is 2.98. The zero-order valence-electron chi connectivity index (χ0n) is 18.6. The number of anilines is 1. The smallest absolute Gasteiger partial charge is 0.115 e.